The van der Waals surface area contributed by atoms with Gasteiger partial charge in [-0.3, -0.25) is 0 Å². The lowest BCUT2D eigenvalue weighted by Crippen LogP contribution is -2.37. The number of carbonyl (C=O) groups excluding carboxylic acids is 2. The summed E-state index contributed by atoms with van der Waals surface area (Å²) in [4.78, 5) is 35.7. The number of ether oxygens (including phenoxy) is 4. The van der Waals surface area contributed by atoms with E-state index in [0.29, 0.717) is 34.1 Å². The highest BCUT2D eigenvalue weighted by molar-refractivity contribution is 6.34. The van der Waals surface area contributed by atoms with Gasteiger partial charge in [-0.2, -0.15) is 0 Å². The number of aromatic nitrogens is 2. The van der Waals surface area contributed by atoms with Crippen molar-refractivity contribution in [3.05, 3.63) is 45.2 Å². The Kier molecular flexibility index (Phi) is 17.9. The highest BCUT2D eigenvalue weighted by Gasteiger charge is 2.18. The van der Waals surface area contributed by atoms with Crippen molar-refractivity contribution < 1.29 is 28.5 Å². The SMILES string of the molecule is C#CC(C)NC(=O)OC(C)(C)C.CC(C#Cc1cc(Cl)cc(N2CCOCC2)n1)NC(=O)OC(C)(C)C.Clc1cc(Cl)nc(N2CCOCC2)c1. The number of alkyl carbamates (subject to hydrolysis) is 2. The Labute approximate surface area is 317 Å². The zero-order valence-electron chi connectivity index (χ0n) is 30.6. The fraction of sp³-hybridized carbons (Fsp3) is 0.556. The molecule has 0 spiro atoms. The van der Waals surface area contributed by atoms with Gasteiger partial charge < -0.3 is 39.4 Å². The van der Waals surface area contributed by atoms with E-state index in [1.807, 2.05) is 32.9 Å². The second-order valence-electron chi connectivity index (χ2n) is 13.4. The molecule has 0 aliphatic carbocycles. The summed E-state index contributed by atoms with van der Waals surface area (Å²) in [7, 11) is 0. The van der Waals surface area contributed by atoms with Crippen LogP contribution in [0.4, 0.5) is 21.2 Å². The number of carbonyl (C=O) groups is 2. The molecule has 4 rings (SSSR count). The van der Waals surface area contributed by atoms with Crippen molar-refractivity contribution in [2.45, 2.75) is 78.7 Å². The first-order chi connectivity index (χ1) is 23.8. The van der Waals surface area contributed by atoms with E-state index in [9.17, 15) is 9.59 Å². The van der Waals surface area contributed by atoms with Gasteiger partial charge in [0, 0.05) is 36.2 Å². The van der Waals surface area contributed by atoms with Crippen LogP contribution in [0.5, 0.6) is 0 Å². The largest absolute Gasteiger partial charge is 0.444 e. The molecule has 2 aromatic rings. The smallest absolute Gasteiger partial charge is 0.408 e. The van der Waals surface area contributed by atoms with Crippen LogP contribution < -0.4 is 20.4 Å². The number of hydrogen-bond acceptors (Lipinski definition) is 10. The average molecular weight is 768 g/mol. The lowest BCUT2D eigenvalue weighted by Gasteiger charge is -2.27. The number of halogens is 3. The topological polar surface area (TPSA) is 127 Å². The van der Waals surface area contributed by atoms with Crippen molar-refractivity contribution in [1.82, 2.24) is 20.6 Å². The Morgan fingerprint density at radius 1 is 0.765 bits per heavy atom. The van der Waals surface area contributed by atoms with Gasteiger partial charge in [-0.1, -0.05) is 46.6 Å². The summed E-state index contributed by atoms with van der Waals surface area (Å²) in [6.45, 7) is 20.3. The molecule has 2 atom stereocenters. The van der Waals surface area contributed by atoms with Gasteiger partial charge in [0.05, 0.1) is 38.5 Å². The van der Waals surface area contributed by atoms with Crippen LogP contribution in [0, 0.1) is 24.2 Å². The molecule has 280 valence electrons. The molecule has 0 radical (unpaired) electrons. The van der Waals surface area contributed by atoms with Gasteiger partial charge in [0.2, 0.25) is 0 Å². The molecule has 2 aliphatic heterocycles. The van der Waals surface area contributed by atoms with Crippen LogP contribution in [-0.2, 0) is 18.9 Å². The Morgan fingerprint density at radius 2 is 1.20 bits per heavy atom. The number of amides is 2. The summed E-state index contributed by atoms with van der Waals surface area (Å²) >= 11 is 17.9. The van der Waals surface area contributed by atoms with E-state index in [1.54, 1.807) is 46.8 Å². The Bertz CT molecular complexity index is 1510. The molecule has 2 aromatic heterocycles. The molecule has 2 N–H and O–H groups in total. The van der Waals surface area contributed by atoms with Crippen molar-refractivity contribution in [3.63, 3.8) is 0 Å². The molecule has 2 aliphatic rings. The van der Waals surface area contributed by atoms with Gasteiger partial charge >= 0.3 is 12.2 Å². The molecule has 51 heavy (non-hydrogen) atoms. The minimum atomic E-state index is -0.543. The summed E-state index contributed by atoms with van der Waals surface area (Å²) in [5, 5.41) is 6.79. The zero-order valence-corrected chi connectivity index (χ0v) is 32.8. The first-order valence-corrected chi connectivity index (χ1v) is 17.6. The summed E-state index contributed by atoms with van der Waals surface area (Å²) in [6, 6.07) is 6.31. The van der Waals surface area contributed by atoms with Gasteiger partial charge in [0.1, 0.15) is 33.7 Å². The molecular formula is C36H49Cl3N6O6. The second kappa shape index (κ2) is 21.0. The van der Waals surface area contributed by atoms with Gasteiger partial charge in [0.15, 0.2) is 0 Å². The highest BCUT2D eigenvalue weighted by Crippen LogP contribution is 2.22. The van der Waals surface area contributed by atoms with E-state index in [2.05, 4.69) is 48.2 Å². The summed E-state index contributed by atoms with van der Waals surface area (Å²) < 4.78 is 20.8. The third kappa shape index (κ3) is 19.0. The number of hydrogen-bond donors (Lipinski definition) is 2. The molecule has 15 heteroatoms. The van der Waals surface area contributed by atoms with Crippen LogP contribution in [0.3, 0.4) is 0 Å². The second-order valence-corrected chi connectivity index (χ2v) is 14.6. The van der Waals surface area contributed by atoms with Crippen molar-refractivity contribution in [2.75, 3.05) is 62.4 Å². The van der Waals surface area contributed by atoms with Crippen LogP contribution in [0.1, 0.15) is 61.1 Å². The van der Waals surface area contributed by atoms with Gasteiger partial charge in [-0.25, -0.2) is 19.6 Å². The number of anilines is 2. The fourth-order valence-corrected chi connectivity index (χ4v) is 4.80. The van der Waals surface area contributed by atoms with Crippen molar-refractivity contribution >= 4 is 58.6 Å². The van der Waals surface area contributed by atoms with E-state index in [0.717, 1.165) is 51.0 Å². The van der Waals surface area contributed by atoms with Crippen LogP contribution in [0.25, 0.3) is 0 Å². The number of rotatable bonds is 4. The van der Waals surface area contributed by atoms with Gasteiger partial charge in [0.25, 0.3) is 0 Å². The third-order valence-electron chi connectivity index (χ3n) is 6.33. The normalized spacial score (nSPS) is 15.5. The molecule has 0 bridgehead atoms. The number of pyridine rings is 2. The van der Waals surface area contributed by atoms with E-state index < -0.39 is 23.4 Å². The van der Waals surface area contributed by atoms with Gasteiger partial charge in [-0.15, -0.1) is 6.42 Å². The Hall–Kier alpha value is -3.65. The minimum Gasteiger partial charge on any atom is -0.444 e. The fourth-order valence-electron chi connectivity index (χ4n) is 4.14. The van der Waals surface area contributed by atoms with Crippen LogP contribution in [-0.4, -0.2) is 98.0 Å². The molecule has 4 heterocycles. The van der Waals surface area contributed by atoms with Crippen molar-refractivity contribution in [1.29, 1.82) is 0 Å². The van der Waals surface area contributed by atoms with Crippen LogP contribution in [0.2, 0.25) is 15.2 Å². The predicted molar refractivity (Wildman–Crippen MR) is 203 cm³/mol. The standard InChI is InChI=1S/C18H24ClN3O3.C9H10Cl2N2O.C9H15NO2/c1-13(20-17(23)25-18(2,3)4)5-6-15-11-14(19)12-16(21-15)22-7-9-24-10-8-22;10-7-5-8(11)12-9(6-7)13-1-3-14-4-2-13;1-6-7(2)10-8(11)12-9(3,4)5/h11-13H,7-10H2,1-4H3,(H,20,23);5-6H,1-4H2;1,7H,2-5H3,(H,10,11). The third-order valence-corrected chi connectivity index (χ3v) is 6.96. The maximum absolute atomic E-state index is 11.7. The van der Waals surface area contributed by atoms with E-state index in [-0.39, 0.29) is 12.1 Å². The highest BCUT2D eigenvalue weighted by atomic mass is 35.5. The molecule has 2 amide bonds. The van der Waals surface area contributed by atoms with Crippen LogP contribution >= 0.6 is 34.8 Å². The molecule has 2 unspecified atom stereocenters. The maximum atomic E-state index is 11.7. The van der Waals surface area contributed by atoms with Crippen LogP contribution in [0.15, 0.2) is 24.3 Å². The average Bonchev–Trinajstić information content (AvgIpc) is 3.02. The summed E-state index contributed by atoms with van der Waals surface area (Å²) in [5.74, 6) is 9.89. The number of terminal acetylenes is 1. The molecule has 0 saturated carbocycles. The number of nitrogens with one attached hydrogen (secondary N) is 2. The van der Waals surface area contributed by atoms with Crippen molar-refractivity contribution in [2.24, 2.45) is 0 Å². The zero-order chi connectivity index (χ0) is 38.2. The first kappa shape index (κ1) is 43.5. The molecule has 2 fully saturated rings. The Morgan fingerprint density at radius 3 is 1.63 bits per heavy atom. The first-order valence-electron chi connectivity index (χ1n) is 16.5. The monoisotopic (exact) mass is 766 g/mol. The molecule has 2 saturated heterocycles. The van der Waals surface area contributed by atoms with E-state index in [1.165, 1.54) is 0 Å². The lowest BCUT2D eigenvalue weighted by atomic mass is 10.2. The lowest BCUT2D eigenvalue weighted by molar-refractivity contribution is 0.0507. The quantitative estimate of drug-likeness (QED) is 0.260. The summed E-state index contributed by atoms with van der Waals surface area (Å²) in [6.07, 6.45) is 4.09. The number of morpholine rings is 2. The Balaban J connectivity index is 0.000000292. The van der Waals surface area contributed by atoms with Gasteiger partial charge in [-0.05, 0) is 85.6 Å². The van der Waals surface area contributed by atoms with E-state index in [4.69, 9.17) is 60.2 Å². The molecular weight excluding hydrogens is 719 g/mol. The minimum absolute atomic E-state index is 0.292. The molecule has 12 nitrogen and oxygen atoms in total. The van der Waals surface area contributed by atoms with E-state index >= 15 is 0 Å². The number of nitrogens with zero attached hydrogens (tertiary/aromatic N) is 4. The predicted octanol–water partition coefficient (Wildman–Crippen LogP) is 6.59. The summed E-state index contributed by atoms with van der Waals surface area (Å²) in [5.41, 5.74) is -0.455. The maximum Gasteiger partial charge on any atom is 0.408 e. The molecule has 0 aromatic carbocycles. The van der Waals surface area contributed by atoms with Crippen molar-refractivity contribution in [3.8, 4) is 24.2 Å².